The van der Waals surface area contributed by atoms with Gasteiger partial charge in [-0.15, -0.1) is 0 Å². The summed E-state index contributed by atoms with van der Waals surface area (Å²) in [6.07, 6.45) is -1.01. The predicted molar refractivity (Wildman–Crippen MR) is 94.5 cm³/mol. The SMILES string of the molecule is COc1cccc(C(=O)O[C@@H](C)C(=O)Nc2cccc(Cl)c2)c1OC. The van der Waals surface area contributed by atoms with Gasteiger partial charge in [-0.3, -0.25) is 4.79 Å². The minimum atomic E-state index is -1.01. The van der Waals surface area contributed by atoms with Crippen molar-refractivity contribution in [3.8, 4) is 11.5 Å². The number of para-hydroxylation sites is 1. The van der Waals surface area contributed by atoms with E-state index in [1.807, 2.05) is 0 Å². The van der Waals surface area contributed by atoms with Gasteiger partial charge in [-0.25, -0.2) is 4.79 Å². The number of rotatable bonds is 6. The molecular weight excluding hydrogens is 346 g/mol. The molecule has 2 aromatic rings. The fourth-order valence-electron chi connectivity index (χ4n) is 2.14. The van der Waals surface area contributed by atoms with Crippen molar-refractivity contribution in [1.29, 1.82) is 0 Å². The van der Waals surface area contributed by atoms with Crippen molar-refractivity contribution >= 4 is 29.2 Å². The monoisotopic (exact) mass is 363 g/mol. The molecule has 0 bridgehead atoms. The molecule has 0 aliphatic heterocycles. The Bertz CT molecular complexity index is 778. The molecule has 0 aromatic heterocycles. The molecule has 0 spiro atoms. The maximum Gasteiger partial charge on any atom is 0.342 e. The first-order chi connectivity index (χ1) is 12.0. The number of carbonyl (C=O) groups excluding carboxylic acids is 2. The van der Waals surface area contributed by atoms with Crippen LogP contribution in [0.15, 0.2) is 42.5 Å². The van der Waals surface area contributed by atoms with Crippen molar-refractivity contribution in [3.05, 3.63) is 53.1 Å². The Morgan fingerprint density at radius 1 is 1.08 bits per heavy atom. The molecule has 1 N–H and O–H groups in total. The van der Waals surface area contributed by atoms with Crippen LogP contribution in [0.5, 0.6) is 11.5 Å². The summed E-state index contributed by atoms with van der Waals surface area (Å²) in [6, 6.07) is 11.5. The zero-order valence-corrected chi connectivity index (χ0v) is 14.8. The lowest BCUT2D eigenvalue weighted by molar-refractivity contribution is -0.123. The zero-order chi connectivity index (χ0) is 18.4. The summed E-state index contributed by atoms with van der Waals surface area (Å²) in [5.74, 6) is -0.521. The third kappa shape index (κ3) is 4.64. The Morgan fingerprint density at radius 3 is 2.44 bits per heavy atom. The van der Waals surface area contributed by atoms with E-state index >= 15 is 0 Å². The predicted octanol–water partition coefficient (Wildman–Crippen LogP) is 3.54. The molecule has 1 atom stereocenters. The minimum Gasteiger partial charge on any atom is -0.493 e. The molecule has 0 aliphatic carbocycles. The number of hydrogen-bond donors (Lipinski definition) is 1. The topological polar surface area (TPSA) is 73.9 Å². The summed E-state index contributed by atoms with van der Waals surface area (Å²) in [7, 11) is 2.89. The quantitative estimate of drug-likeness (QED) is 0.794. The van der Waals surface area contributed by atoms with Crippen LogP contribution in [0.2, 0.25) is 5.02 Å². The normalized spacial score (nSPS) is 11.4. The third-order valence-electron chi connectivity index (χ3n) is 3.37. The lowest BCUT2D eigenvalue weighted by Crippen LogP contribution is -2.30. The Kier molecular flexibility index (Phi) is 6.25. The van der Waals surface area contributed by atoms with Crippen LogP contribution >= 0.6 is 11.6 Å². The fourth-order valence-corrected chi connectivity index (χ4v) is 2.33. The van der Waals surface area contributed by atoms with Gasteiger partial charge in [-0.2, -0.15) is 0 Å². The third-order valence-corrected chi connectivity index (χ3v) is 3.60. The van der Waals surface area contributed by atoms with E-state index in [9.17, 15) is 9.59 Å². The van der Waals surface area contributed by atoms with Crippen LogP contribution in [0.3, 0.4) is 0 Å². The standard InChI is InChI=1S/C18H18ClNO5/c1-11(17(21)20-13-7-4-6-12(19)10-13)25-18(22)14-8-5-9-15(23-2)16(14)24-3/h4-11H,1-3H3,(H,20,21)/t11-/m0/s1. The summed E-state index contributed by atoms with van der Waals surface area (Å²) in [5, 5.41) is 3.12. The van der Waals surface area contributed by atoms with E-state index in [2.05, 4.69) is 5.32 Å². The van der Waals surface area contributed by atoms with Crippen LogP contribution in [0.4, 0.5) is 5.69 Å². The van der Waals surface area contributed by atoms with Crippen molar-refractivity contribution in [3.63, 3.8) is 0 Å². The molecule has 2 rings (SSSR count). The van der Waals surface area contributed by atoms with Gasteiger partial charge in [-0.1, -0.05) is 23.7 Å². The molecule has 25 heavy (non-hydrogen) atoms. The molecule has 7 heteroatoms. The van der Waals surface area contributed by atoms with Crippen LogP contribution in [0.25, 0.3) is 0 Å². The number of esters is 1. The summed E-state index contributed by atoms with van der Waals surface area (Å²) in [5.41, 5.74) is 0.684. The van der Waals surface area contributed by atoms with Gasteiger partial charge in [0.15, 0.2) is 17.6 Å². The molecule has 0 unspecified atom stereocenters. The zero-order valence-electron chi connectivity index (χ0n) is 14.0. The first-order valence-electron chi connectivity index (χ1n) is 7.44. The van der Waals surface area contributed by atoms with Gasteiger partial charge < -0.3 is 19.5 Å². The first-order valence-corrected chi connectivity index (χ1v) is 7.82. The number of amides is 1. The Labute approximate surface area is 150 Å². The second-order valence-electron chi connectivity index (χ2n) is 5.09. The molecule has 0 heterocycles. The molecule has 0 saturated heterocycles. The number of anilines is 1. The number of carbonyl (C=O) groups is 2. The van der Waals surface area contributed by atoms with E-state index in [0.717, 1.165) is 0 Å². The van der Waals surface area contributed by atoms with Crippen LogP contribution < -0.4 is 14.8 Å². The largest absolute Gasteiger partial charge is 0.493 e. The Morgan fingerprint density at radius 2 is 1.80 bits per heavy atom. The molecule has 2 aromatic carbocycles. The Hall–Kier alpha value is -2.73. The molecule has 132 valence electrons. The van der Waals surface area contributed by atoms with E-state index in [4.69, 9.17) is 25.8 Å². The van der Waals surface area contributed by atoms with Gasteiger partial charge >= 0.3 is 5.97 Å². The molecule has 1 amide bonds. The maximum absolute atomic E-state index is 12.4. The number of hydrogen-bond acceptors (Lipinski definition) is 5. The van der Waals surface area contributed by atoms with Gasteiger partial charge in [0.25, 0.3) is 5.91 Å². The van der Waals surface area contributed by atoms with Crippen molar-refractivity contribution in [2.75, 3.05) is 19.5 Å². The van der Waals surface area contributed by atoms with Gasteiger partial charge in [-0.05, 0) is 37.3 Å². The highest BCUT2D eigenvalue weighted by Crippen LogP contribution is 2.31. The van der Waals surface area contributed by atoms with Crippen molar-refractivity contribution in [2.24, 2.45) is 0 Å². The average molecular weight is 364 g/mol. The number of halogens is 1. The number of ether oxygens (including phenoxy) is 3. The summed E-state index contributed by atoms with van der Waals surface area (Å²) in [4.78, 5) is 24.5. The Balaban J connectivity index is 2.08. The number of nitrogens with one attached hydrogen (secondary N) is 1. The molecule has 0 aliphatic rings. The van der Waals surface area contributed by atoms with Crippen LogP contribution in [-0.4, -0.2) is 32.2 Å². The maximum atomic E-state index is 12.4. The molecule has 0 saturated carbocycles. The second kappa shape index (κ2) is 8.39. The second-order valence-corrected chi connectivity index (χ2v) is 5.52. The summed E-state index contributed by atoms with van der Waals surface area (Å²) < 4.78 is 15.6. The number of benzene rings is 2. The average Bonchev–Trinajstić information content (AvgIpc) is 2.60. The highest BCUT2D eigenvalue weighted by molar-refractivity contribution is 6.30. The van der Waals surface area contributed by atoms with Crippen molar-refractivity contribution in [1.82, 2.24) is 0 Å². The minimum absolute atomic E-state index is 0.171. The first kappa shape index (κ1) is 18.6. The van der Waals surface area contributed by atoms with Crippen LogP contribution in [0.1, 0.15) is 17.3 Å². The lowest BCUT2D eigenvalue weighted by atomic mass is 10.2. The van der Waals surface area contributed by atoms with Gasteiger partial charge in [0.05, 0.1) is 14.2 Å². The molecular formula is C18H18ClNO5. The van der Waals surface area contributed by atoms with E-state index in [-0.39, 0.29) is 11.3 Å². The molecule has 0 fully saturated rings. The highest BCUT2D eigenvalue weighted by Gasteiger charge is 2.23. The van der Waals surface area contributed by atoms with E-state index in [1.165, 1.54) is 27.2 Å². The smallest absolute Gasteiger partial charge is 0.342 e. The fraction of sp³-hybridized carbons (Fsp3) is 0.222. The highest BCUT2D eigenvalue weighted by atomic mass is 35.5. The van der Waals surface area contributed by atoms with Crippen molar-refractivity contribution in [2.45, 2.75) is 13.0 Å². The van der Waals surface area contributed by atoms with E-state index in [0.29, 0.717) is 16.5 Å². The summed E-state index contributed by atoms with van der Waals surface area (Å²) >= 11 is 5.87. The van der Waals surface area contributed by atoms with E-state index < -0.39 is 18.0 Å². The van der Waals surface area contributed by atoms with Crippen molar-refractivity contribution < 1.29 is 23.8 Å². The van der Waals surface area contributed by atoms with Gasteiger partial charge in [0, 0.05) is 10.7 Å². The van der Waals surface area contributed by atoms with E-state index in [1.54, 1.807) is 36.4 Å². The van der Waals surface area contributed by atoms with Gasteiger partial charge in [0.1, 0.15) is 5.56 Å². The van der Waals surface area contributed by atoms with Crippen LogP contribution in [-0.2, 0) is 9.53 Å². The molecule has 6 nitrogen and oxygen atoms in total. The molecule has 0 radical (unpaired) electrons. The lowest BCUT2D eigenvalue weighted by Gasteiger charge is -2.16. The van der Waals surface area contributed by atoms with Gasteiger partial charge in [0.2, 0.25) is 0 Å². The number of methoxy groups -OCH3 is 2. The van der Waals surface area contributed by atoms with Crippen LogP contribution in [0, 0.1) is 0 Å². The summed E-state index contributed by atoms with van der Waals surface area (Å²) in [6.45, 7) is 1.48.